The molecular weight excluding hydrogens is 285 g/mol. The zero-order chi connectivity index (χ0) is 16.4. The minimum atomic E-state index is -0.982. The van der Waals surface area contributed by atoms with Crippen molar-refractivity contribution in [3.63, 3.8) is 0 Å². The number of nitriles is 1. The van der Waals surface area contributed by atoms with Crippen LogP contribution in [0.2, 0.25) is 0 Å². The van der Waals surface area contributed by atoms with E-state index in [4.69, 9.17) is 4.74 Å². The number of halogens is 1. The summed E-state index contributed by atoms with van der Waals surface area (Å²) in [6.45, 7) is 6.10. The standard InChI is InChI=1S/C16H20FN3O2/c1-15(2,3)22-14(21)20-9-6-16(11-18,7-10-20)13-12(17)5-4-8-19-13/h4-5,8H,6-7,9-10H2,1-3H3. The molecular formula is C16H20FN3O2. The zero-order valence-electron chi connectivity index (χ0n) is 13.1. The Hall–Kier alpha value is -2.16. The molecule has 0 radical (unpaired) electrons. The Morgan fingerprint density at radius 3 is 2.59 bits per heavy atom. The van der Waals surface area contributed by atoms with Crippen molar-refractivity contribution in [2.75, 3.05) is 13.1 Å². The van der Waals surface area contributed by atoms with E-state index < -0.39 is 22.9 Å². The van der Waals surface area contributed by atoms with Crippen LogP contribution in [0.15, 0.2) is 18.3 Å². The molecule has 0 aliphatic carbocycles. The van der Waals surface area contributed by atoms with Crippen LogP contribution in [0.3, 0.4) is 0 Å². The van der Waals surface area contributed by atoms with Crippen LogP contribution in [0.25, 0.3) is 0 Å². The molecule has 2 heterocycles. The number of hydrogen-bond donors (Lipinski definition) is 0. The number of likely N-dealkylation sites (tertiary alicyclic amines) is 1. The van der Waals surface area contributed by atoms with Crippen molar-refractivity contribution in [1.29, 1.82) is 5.26 Å². The molecule has 0 saturated carbocycles. The van der Waals surface area contributed by atoms with Gasteiger partial charge in [0.15, 0.2) is 0 Å². The number of ether oxygens (including phenoxy) is 1. The van der Waals surface area contributed by atoms with Gasteiger partial charge in [0.25, 0.3) is 0 Å². The lowest BCUT2D eigenvalue weighted by molar-refractivity contribution is 0.0183. The number of aromatic nitrogens is 1. The number of pyridine rings is 1. The molecule has 0 atom stereocenters. The molecule has 2 rings (SSSR count). The summed E-state index contributed by atoms with van der Waals surface area (Å²) < 4.78 is 19.3. The number of carbonyl (C=O) groups excluding carboxylic acids is 1. The molecule has 0 bridgehead atoms. The van der Waals surface area contributed by atoms with Gasteiger partial charge in [0.1, 0.15) is 16.8 Å². The summed E-state index contributed by atoms with van der Waals surface area (Å²) in [7, 11) is 0. The van der Waals surface area contributed by atoms with Gasteiger partial charge >= 0.3 is 6.09 Å². The van der Waals surface area contributed by atoms with Crippen LogP contribution in [0, 0.1) is 17.1 Å². The Morgan fingerprint density at radius 2 is 2.09 bits per heavy atom. The molecule has 5 nitrogen and oxygen atoms in total. The predicted octanol–water partition coefficient (Wildman–Crippen LogP) is 3.01. The molecule has 0 spiro atoms. The summed E-state index contributed by atoms with van der Waals surface area (Å²) in [5, 5.41) is 9.54. The number of rotatable bonds is 1. The van der Waals surface area contributed by atoms with Gasteiger partial charge in [-0.25, -0.2) is 9.18 Å². The van der Waals surface area contributed by atoms with Crippen LogP contribution < -0.4 is 0 Å². The second kappa shape index (κ2) is 5.91. The van der Waals surface area contributed by atoms with Gasteiger partial charge in [-0.3, -0.25) is 4.98 Å². The van der Waals surface area contributed by atoms with E-state index in [2.05, 4.69) is 11.1 Å². The molecule has 1 aromatic rings. The highest BCUT2D eigenvalue weighted by Gasteiger charge is 2.41. The number of carbonyl (C=O) groups is 1. The molecule has 22 heavy (non-hydrogen) atoms. The molecule has 1 amide bonds. The van der Waals surface area contributed by atoms with Crippen molar-refractivity contribution in [3.05, 3.63) is 29.8 Å². The summed E-state index contributed by atoms with van der Waals surface area (Å²) in [6, 6.07) is 5.01. The monoisotopic (exact) mass is 305 g/mol. The van der Waals surface area contributed by atoms with Crippen molar-refractivity contribution in [2.24, 2.45) is 0 Å². The fraction of sp³-hybridized carbons (Fsp3) is 0.562. The first-order chi connectivity index (χ1) is 10.3. The van der Waals surface area contributed by atoms with Crippen molar-refractivity contribution in [2.45, 2.75) is 44.6 Å². The topological polar surface area (TPSA) is 66.2 Å². The third-order valence-corrected chi connectivity index (χ3v) is 3.69. The van der Waals surface area contributed by atoms with Gasteiger partial charge in [0.2, 0.25) is 0 Å². The molecule has 1 saturated heterocycles. The minimum Gasteiger partial charge on any atom is -0.444 e. The van der Waals surface area contributed by atoms with Crippen LogP contribution >= 0.6 is 0 Å². The SMILES string of the molecule is CC(C)(C)OC(=O)N1CCC(C#N)(c2ncccc2F)CC1. The third kappa shape index (κ3) is 3.35. The van der Waals surface area contributed by atoms with Crippen molar-refractivity contribution in [1.82, 2.24) is 9.88 Å². The fourth-order valence-corrected chi connectivity index (χ4v) is 2.54. The summed E-state index contributed by atoms with van der Waals surface area (Å²) in [6.07, 6.45) is 1.77. The van der Waals surface area contributed by atoms with E-state index in [0.29, 0.717) is 25.9 Å². The highest BCUT2D eigenvalue weighted by molar-refractivity contribution is 5.68. The second-order valence-corrected chi connectivity index (χ2v) is 6.50. The first kappa shape index (κ1) is 16.2. The highest BCUT2D eigenvalue weighted by atomic mass is 19.1. The van der Waals surface area contributed by atoms with Gasteiger partial charge in [-0.15, -0.1) is 0 Å². The fourth-order valence-electron chi connectivity index (χ4n) is 2.54. The van der Waals surface area contributed by atoms with E-state index >= 15 is 0 Å². The summed E-state index contributed by atoms with van der Waals surface area (Å²) in [4.78, 5) is 17.6. The summed E-state index contributed by atoms with van der Waals surface area (Å²) >= 11 is 0. The number of piperidine rings is 1. The molecule has 1 aliphatic heterocycles. The van der Waals surface area contributed by atoms with Gasteiger partial charge in [-0.1, -0.05) is 0 Å². The van der Waals surface area contributed by atoms with Gasteiger partial charge in [0, 0.05) is 19.3 Å². The Kier molecular flexibility index (Phi) is 4.36. The van der Waals surface area contributed by atoms with Crippen LogP contribution in [-0.2, 0) is 10.2 Å². The van der Waals surface area contributed by atoms with E-state index in [1.165, 1.54) is 18.3 Å². The molecule has 6 heteroatoms. The van der Waals surface area contributed by atoms with E-state index in [1.54, 1.807) is 25.7 Å². The lowest BCUT2D eigenvalue weighted by atomic mass is 9.76. The van der Waals surface area contributed by atoms with Gasteiger partial charge < -0.3 is 9.64 Å². The Labute approximate surface area is 129 Å². The molecule has 0 aromatic carbocycles. The van der Waals surface area contributed by atoms with Gasteiger partial charge in [-0.05, 0) is 45.7 Å². The average molecular weight is 305 g/mol. The lowest BCUT2D eigenvalue weighted by Gasteiger charge is -2.37. The molecule has 0 unspecified atom stereocenters. The van der Waals surface area contributed by atoms with Crippen molar-refractivity contribution < 1.29 is 13.9 Å². The Morgan fingerprint density at radius 1 is 1.45 bits per heavy atom. The van der Waals surface area contributed by atoms with Crippen LogP contribution in [-0.4, -0.2) is 34.7 Å². The average Bonchev–Trinajstić information content (AvgIpc) is 2.46. The van der Waals surface area contributed by atoms with E-state index in [1.807, 2.05) is 0 Å². The third-order valence-electron chi connectivity index (χ3n) is 3.69. The molecule has 1 aliphatic rings. The second-order valence-electron chi connectivity index (χ2n) is 6.50. The van der Waals surface area contributed by atoms with Crippen molar-refractivity contribution >= 4 is 6.09 Å². The molecule has 1 fully saturated rings. The van der Waals surface area contributed by atoms with Crippen molar-refractivity contribution in [3.8, 4) is 6.07 Å². The maximum atomic E-state index is 14.0. The quantitative estimate of drug-likeness (QED) is 0.800. The molecule has 1 aromatic heterocycles. The Balaban J connectivity index is 2.11. The predicted molar refractivity (Wildman–Crippen MR) is 78.5 cm³/mol. The maximum absolute atomic E-state index is 14.0. The van der Waals surface area contributed by atoms with Gasteiger partial charge in [-0.2, -0.15) is 5.26 Å². The zero-order valence-corrected chi connectivity index (χ0v) is 13.1. The number of hydrogen-bond acceptors (Lipinski definition) is 4. The Bertz CT molecular complexity index is 596. The van der Waals surface area contributed by atoms with E-state index in [-0.39, 0.29) is 5.69 Å². The van der Waals surface area contributed by atoms with E-state index in [0.717, 1.165) is 0 Å². The highest BCUT2D eigenvalue weighted by Crippen LogP contribution is 2.35. The first-order valence-electron chi connectivity index (χ1n) is 7.28. The first-order valence-corrected chi connectivity index (χ1v) is 7.28. The van der Waals surface area contributed by atoms with Crippen LogP contribution in [0.4, 0.5) is 9.18 Å². The smallest absolute Gasteiger partial charge is 0.410 e. The van der Waals surface area contributed by atoms with E-state index in [9.17, 15) is 14.4 Å². The minimum absolute atomic E-state index is 0.168. The maximum Gasteiger partial charge on any atom is 0.410 e. The number of nitrogens with zero attached hydrogens (tertiary/aromatic N) is 3. The lowest BCUT2D eigenvalue weighted by Crippen LogP contribution is -2.46. The van der Waals surface area contributed by atoms with Gasteiger partial charge in [0.05, 0.1) is 11.8 Å². The van der Waals surface area contributed by atoms with Crippen LogP contribution in [0.5, 0.6) is 0 Å². The van der Waals surface area contributed by atoms with Crippen LogP contribution in [0.1, 0.15) is 39.3 Å². The molecule has 0 N–H and O–H groups in total. The summed E-state index contributed by atoms with van der Waals surface area (Å²) in [5.41, 5.74) is -1.38. The molecule has 118 valence electrons. The normalized spacial score (nSPS) is 17.7. The summed E-state index contributed by atoms with van der Waals surface area (Å²) in [5.74, 6) is -0.477. The number of amides is 1. The largest absolute Gasteiger partial charge is 0.444 e.